The fourth-order valence-corrected chi connectivity index (χ4v) is 2.84. The summed E-state index contributed by atoms with van der Waals surface area (Å²) in [5, 5.41) is 9.77. The van der Waals surface area contributed by atoms with E-state index in [4.69, 9.17) is 6.42 Å². The van der Waals surface area contributed by atoms with Crippen molar-refractivity contribution in [3.63, 3.8) is 0 Å². The second kappa shape index (κ2) is 11.1. The lowest BCUT2D eigenvalue weighted by Crippen LogP contribution is -2.20. The molecule has 1 N–H and O–H groups in total. The van der Waals surface area contributed by atoms with Crippen molar-refractivity contribution in [1.82, 2.24) is 0 Å². The molecule has 124 valence electrons. The summed E-state index contributed by atoms with van der Waals surface area (Å²) in [4.78, 5) is 0. The molecule has 0 saturated carbocycles. The maximum absolute atomic E-state index is 9.77. The number of aliphatic hydroxyl groups is 1. The minimum Gasteiger partial charge on any atom is -0.378 e. The molecule has 0 radical (unpaired) electrons. The molecule has 0 fully saturated rings. The van der Waals surface area contributed by atoms with E-state index in [1.807, 2.05) is 0 Å². The molecule has 0 heterocycles. The lowest BCUT2D eigenvalue weighted by Gasteiger charge is -2.18. The molecular weight excluding hydrogens is 256 g/mol. The van der Waals surface area contributed by atoms with Crippen LogP contribution in [0.25, 0.3) is 0 Å². The molecular formula is C20H38O. The Morgan fingerprint density at radius 1 is 0.857 bits per heavy atom. The van der Waals surface area contributed by atoms with Gasteiger partial charge in [-0.15, -0.1) is 6.42 Å². The van der Waals surface area contributed by atoms with E-state index in [1.165, 1.54) is 44.9 Å². The highest BCUT2D eigenvalue weighted by atomic mass is 16.3. The Morgan fingerprint density at radius 3 is 1.71 bits per heavy atom. The summed E-state index contributed by atoms with van der Waals surface area (Å²) >= 11 is 0. The van der Waals surface area contributed by atoms with Crippen molar-refractivity contribution in [3.05, 3.63) is 0 Å². The highest BCUT2D eigenvalue weighted by Gasteiger charge is 2.16. The van der Waals surface area contributed by atoms with Gasteiger partial charge in [-0.1, -0.05) is 78.6 Å². The van der Waals surface area contributed by atoms with Crippen LogP contribution in [0.1, 0.15) is 92.4 Å². The fraction of sp³-hybridized carbons (Fsp3) is 0.900. The lowest BCUT2D eigenvalue weighted by molar-refractivity contribution is 0.107. The third kappa shape index (κ3) is 12.9. The SMILES string of the molecule is C#C[C@](C)(O)CCC[C@@H](C)CCC[C@@H](C)CCCC(C)C. The maximum Gasteiger partial charge on any atom is 0.122 e. The summed E-state index contributed by atoms with van der Waals surface area (Å²) in [7, 11) is 0. The first-order chi connectivity index (χ1) is 9.76. The van der Waals surface area contributed by atoms with Gasteiger partial charge in [-0.3, -0.25) is 0 Å². The topological polar surface area (TPSA) is 20.2 Å². The number of hydrogen-bond acceptors (Lipinski definition) is 1. The van der Waals surface area contributed by atoms with E-state index >= 15 is 0 Å². The summed E-state index contributed by atoms with van der Waals surface area (Å²) in [6.45, 7) is 11.1. The standard InChI is InChI=1S/C20H38O/c1-7-20(6,21)16-10-15-19(5)14-9-13-18(4)12-8-11-17(2)3/h1,17-19,21H,8-16H2,2-6H3/t18-,19-,20-/m0/s1. The first-order valence-electron chi connectivity index (χ1n) is 8.97. The normalized spacial score (nSPS) is 17.2. The van der Waals surface area contributed by atoms with Gasteiger partial charge in [0.25, 0.3) is 0 Å². The van der Waals surface area contributed by atoms with Crippen molar-refractivity contribution in [2.24, 2.45) is 17.8 Å². The molecule has 0 spiro atoms. The van der Waals surface area contributed by atoms with Gasteiger partial charge >= 0.3 is 0 Å². The van der Waals surface area contributed by atoms with Crippen molar-refractivity contribution in [1.29, 1.82) is 0 Å². The summed E-state index contributed by atoms with van der Waals surface area (Å²) in [5.74, 6) is 4.93. The van der Waals surface area contributed by atoms with Gasteiger partial charge in [-0.2, -0.15) is 0 Å². The highest BCUT2D eigenvalue weighted by molar-refractivity contribution is 5.03. The number of hydrogen-bond donors (Lipinski definition) is 1. The van der Waals surface area contributed by atoms with E-state index in [0.29, 0.717) is 0 Å². The molecule has 0 saturated heterocycles. The third-order valence-electron chi connectivity index (χ3n) is 4.54. The van der Waals surface area contributed by atoms with Crippen LogP contribution < -0.4 is 0 Å². The van der Waals surface area contributed by atoms with Crippen LogP contribution in [0.2, 0.25) is 0 Å². The molecule has 0 rings (SSSR count). The second-order valence-electron chi connectivity index (χ2n) is 7.78. The van der Waals surface area contributed by atoms with Crippen molar-refractivity contribution in [3.8, 4) is 12.3 Å². The Kier molecular flexibility index (Phi) is 10.9. The average molecular weight is 295 g/mol. The molecule has 0 aliphatic heterocycles. The molecule has 0 amide bonds. The first kappa shape index (κ1) is 20.5. The Labute approximate surface area is 133 Å². The predicted octanol–water partition coefficient (Wildman–Crippen LogP) is 5.81. The van der Waals surface area contributed by atoms with Crippen molar-refractivity contribution in [2.75, 3.05) is 0 Å². The minimum absolute atomic E-state index is 0.722. The zero-order chi connectivity index (χ0) is 16.3. The van der Waals surface area contributed by atoms with Gasteiger partial charge in [0.1, 0.15) is 5.60 Å². The Balaban J connectivity index is 3.57. The fourth-order valence-electron chi connectivity index (χ4n) is 2.84. The van der Waals surface area contributed by atoms with Crippen molar-refractivity contribution >= 4 is 0 Å². The molecule has 1 nitrogen and oxygen atoms in total. The average Bonchev–Trinajstić information content (AvgIpc) is 2.38. The van der Waals surface area contributed by atoms with E-state index in [2.05, 4.69) is 33.6 Å². The van der Waals surface area contributed by atoms with Gasteiger partial charge in [0, 0.05) is 0 Å². The van der Waals surface area contributed by atoms with Gasteiger partial charge in [-0.05, 0) is 37.5 Å². The predicted molar refractivity (Wildman–Crippen MR) is 94.2 cm³/mol. The summed E-state index contributed by atoms with van der Waals surface area (Å²) in [6, 6.07) is 0. The monoisotopic (exact) mass is 294 g/mol. The van der Waals surface area contributed by atoms with E-state index in [1.54, 1.807) is 6.92 Å². The second-order valence-corrected chi connectivity index (χ2v) is 7.78. The summed E-state index contributed by atoms with van der Waals surface area (Å²) in [6.07, 6.45) is 16.4. The molecule has 1 heteroatoms. The molecule has 0 aromatic heterocycles. The van der Waals surface area contributed by atoms with Crippen molar-refractivity contribution in [2.45, 2.75) is 98.0 Å². The van der Waals surface area contributed by atoms with Crippen LogP contribution in [0, 0.1) is 30.1 Å². The van der Waals surface area contributed by atoms with E-state index in [0.717, 1.165) is 30.6 Å². The number of rotatable bonds is 12. The zero-order valence-electron chi connectivity index (χ0n) is 15.1. The molecule has 0 aliphatic carbocycles. The van der Waals surface area contributed by atoms with Gasteiger partial charge < -0.3 is 5.11 Å². The maximum atomic E-state index is 9.77. The van der Waals surface area contributed by atoms with Crippen LogP contribution in [0.3, 0.4) is 0 Å². The Hall–Kier alpha value is -0.480. The number of terminal acetylenes is 1. The van der Waals surface area contributed by atoms with Gasteiger partial charge in [0.2, 0.25) is 0 Å². The first-order valence-corrected chi connectivity index (χ1v) is 8.97. The van der Waals surface area contributed by atoms with Gasteiger partial charge in [-0.25, -0.2) is 0 Å². The van der Waals surface area contributed by atoms with E-state index < -0.39 is 5.60 Å². The van der Waals surface area contributed by atoms with Crippen molar-refractivity contribution < 1.29 is 5.11 Å². The van der Waals surface area contributed by atoms with Crippen LogP contribution in [0.5, 0.6) is 0 Å². The van der Waals surface area contributed by atoms with Crippen LogP contribution in [-0.2, 0) is 0 Å². The molecule has 3 atom stereocenters. The van der Waals surface area contributed by atoms with Crippen LogP contribution >= 0.6 is 0 Å². The van der Waals surface area contributed by atoms with Crippen LogP contribution in [0.15, 0.2) is 0 Å². The summed E-state index contributed by atoms with van der Waals surface area (Å²) < 4.78 is 0. The van der Waals surface area contributed by atoms with Crippen LogP contribution in [0.4, 0.5) is 0 Å². The quantitative estimate of drug-likeness (QED) is 0.450. The Bertz CT molecular complexity index is 285. The van der Waals surface area contributed by atoms with E-state index in [9.17, 15) is 5.11 Å². The van der Waals surface area contributed by atoms with E-state index in [-0.39, 0.29) is 0 Å². The molecule has 0 aliphatic rings. The molecule has 0 bridgehead atoms. The van der Waals surface area contributed by atoms with Gasteiger partial charge in [0.05, 0.1) is 0 Å². The molecule has 0 unspecified atom stereocenters. The largest absolute Gasteiger partial charge is 0.378 e. The minimum atomic E-state index is -0.912. The Morgan fingerprint density at radius 2 is 1.29 bits per heavy atom. The molecule has 0 aromatic rings. The van der Waals surface area contributed by atoms with Gasteiger partial charge in [0.15, 0.2) is 0 Å². The third-order valence-corrected chi connectivity index (χ3v) is 4.54. The highest BCUT2D eigenvalue weighted by Crippen LogP contribution is 2.22. The smallest absolute Gasteiger partial charge is 0.122 e. The van der Waals surface area contributed by atoms with Crippen LogP contribution in [-0.4, -0.2) is 10.7 Å². The molecule has 0 aromatic carbocycles. The summed E-state index contributed by atoms with van der Waals surface area (Å²) in [5.41, 5.74) is -0.912. The molecule has 21 heavy (non-hydrogen) atoms. The zero-order valence-corrected chi connectivity index (χ0v) is 15.1. The lowest BCUT2D eigenvalue weighted by atomic mass is 9.90.